The Bertz CT molecular complexity index is 1660. The number of allylic oxidation sites excluding steroid dienone is 2. The van der Waals surface area contributed by atoms with Gasteiger partial charge in [-0.1, -0.05) is 66.4 Å². The smallest absolute Gasteiger partial charge is 0.336 e. The van der Waals surface area contributed by atoms with Gasteiger partial charge in [-0.2, -0.15) is 0 Å². The van der Waals surface area contributed by atoms with Gasteiger partial charge in [0.1, 0.15) is 19.0 Å². The van der Waals surface area contributed by atoms with Crippen LogP contribution in [-0.4, -0.2) is 44.9 Å². The standard InChI is InChI=1S/C32H31NO7S2/c1-21-10-9-13-24(34)29(21)31-26(41-25-14-7-8-15-27(25)42(3,37)38)20-33-22(2)30(31)32(36)40-19-18-39-28(35)17-16-23-11-5-4-6-12-23/h4-17,20,31,33-34H,18-19H2,1-3H3/b17-16+. The zero-order valence-corrected chi connectivity index (χ0v) is 25.0. The van der Waals surface area contributed by atoms with E-state index >= 15 is 0 Å². The van der Waals surface area contributed by atoms with Crippen molar-refractivity contribution in [1.82, 2.24) is 5.32 Å². The first-order valence-corrected chi connectivity index (χ1v) is 15.8. The third kappa shape index (κ3) is 7.51. The Morgan fingerprint density at radius 2 is 1.64 bits per heavy atom. The Morgan fingerprint density at radius 1 is 0.952 bits per heavy atom. The molecule has 0 radical (unpaired) electrons. The molecule has 0 aliphatic carbocycles. The summed E-state index contributed by atoms with van der Waals surface area (Å²) in [4.78, 5) is 26.8. The van der Waals surface area contributed by atoms with E-state index in [1.807, 2.05) is 43.3 Å². The molecule has 0 saturated carbocycles. The molecular weight excluding hydrogens is 574 g/mol. The predicted molar refractivity (Wildman–Crippen MR) is 162 cm³/mol. The SMILES string of the molecule is CC1=C(C(=O)OCCOC(=O)/C=C/c2ccccc2)C(c2c(C)cccc2O)C(Sc2ccccc2S(C)(=O)=O)=CN1. The fourth-order valence-electron chi connectivity index (χ4n) is 4.48. The number of sulfone groups is 1. The molecule has 218 valence electrons. The van der Waals surface area contributed by atoms with E-state index in [0.29, 0.717) is 21.1 Å². The van der Waals surface area contributed by atoms with Crippen molar-refractivity contribution in [3.05, 3.63) is 118 Å². The van der Waals surface area contributed by atoms with Crippen molar-refractivity contribution in [3.8, 4) is 5.75 Å². The minimum absolute atomic E-state index is 0.0120. The lowest BCUT2D eigenvalue weighted by Gasteiger charge is -2.30. The number of dihydropyridines is 1. The van der Waals surface area contributed by atoms with E-state index in [4.69, 9.17) is 9.47 Å². The van der Waals surface area contributed by atoms with Gasteiger partial charge in [-0.05, 0) is 49.2 Å². The van der Waals surface area contributed by atoms with Gasteiger partial charge in [-0.15, -0.1) is 0 Å². The maximum absolute atomic E-state index is 13.5. The van der Waals surface area contributed by atoms with E-state index in [1.165, 1.54) is 30.0 Å². The Labute approximate surface area is 249 Å². The second-order valence-electron chi connectivity index (χ2n) is 9.54. The number of nitrogens with one attached hydrogen (secondary N) is 1. The van der Waals surface area contributed by atoms with Crippen molar-refractivity contribution in [3.63, 3.8) is 0 Å². The number of hydrogen-bond donors (Lipinski definition) is 2. The fraction of sp³-hybridized carbons (Fsp3) is 0.188. The third-order valence-corrected chi connectivity index (χ3v) is 8.92. The van der Waals surface area contributed by atoms with Gasteiger partial charge >= 0.3 is 11.9 Å². The topological polar surface area (TPSA) is 119 Å². The summed E-state index contributed by atoms with van der Waals surface area (Å²) in [6.07, 6.45) is 5.77. The molecule has 1 aliphatic rings. The molecule has 3 aromatic rings. The Morgan fingerprint density at radius 3 is 2.36 bits per heavy atom. The van der Waals surface area contributed by atoms with Crippen LogP contribution in [0.1, 0.15) is 29.5 Å². The first-order valence-electron chi connectivity index (χ1n) is 13.1. The lowest BCUT2D eigenvalue weighted by molar-refractivity contribution is -0.146. The molecule has 1 unspecified atom stereocenters. The van der Waals surface area contributed by atoms with Gasteiger partial charge in [-0.3, -0.25) is 0 Å². The van der Waals surface area contributed by atoms with Gasteiger partial charge in [0, 0.05) is 39.6 Å². The minimum atomic E-state index is -3.53. The lowest BCUT2D eigenvalue weighted by Crippen LogP contribution is -2.27. The van der Waals surface area contributed by atoms with Gasteiger partial charge in [0.05, 0.1) is 16.4 Å². The van der Waals surface area contributed by atoms with Crippen LogP contribution >= 0.6 is 11.8 Å². The highest BCUT2D eigenvalue weighted by Gasteiger charge is 2.35. The monoisotopic (exact) mass is 605 g/mol. The molecule has 1 atom stereocenters. The maximum atomic E-state index is 13.5. The van der Waals surface area contributed by atoms with Crippen molar-refractivity contribution >= 4 is 39.6 Å². The van der Waals surface area contributed by atoms with Crippen LogP contribution in [-0.2, 0) is 28.9 Å². The van der Waals surface area contributed by atoms with E-state index in [0.717, 1.165) is 17.4 Å². The molecule has 4 rings (SSSR count). The number of hydrogen-bond acceptors (Lipinski definition) is 9. The first kappa shape index (κ1) is 30.7. The third-order valence-electron chi connectivity index (χ3n) is 6.47. The second kappa shape index (κ2) is 13.6. The number of benzene rings is 3. The number of thioether (sulfide) groups is 1. The van der Waals surface area contributed by atoms with E-state index < -0.39 is 27.7 Å². The molecule has 3 aromatic carbocycles. The molecular formula is C32H31NO7S2. The van der Waals surface area contributed by atoms with Crippen LogP contribution in [0.25, 0.3) is 6.08 Å². The van der Waals surface area contributed by atoms with Crippen molar-refractivity contribution in [2.75, 3.05) is 19.5 Å². The number of esters is 2. The van der Waals surface area contributed by atoms with Gasteiger partial charge < -0.3 is 19.9 Å². The molecule has 10 heteroatoms. The van der Waals surface area contributed by atoms with Crippen molar-refractivity contribution in [2.45, 2.75) is 29.6 Å². The van der Waals surface area contributed by atoms with Crippen molar-refractivity contribution in [2.24, 2.45) is 0 Å². The van der Waals surface area contributed by atoms with Gasteiger partial charge in [-0.25, -0.2) is 18.0 Å². The zero-order valence-electron chi connectivity index (χ0n) is 23.4. The number of aromatic hydroxyl groups is 1. The molecule has 0 bridgehead atoms. The molecule has 42 heavy (non-hydrogen) atoms. The Hall–Kier alpha value is -4.28. The summed E-state index contributed by atoms with van der Waals surface area (Å²) in [6.45, 7) is 3.21. The van der Waals surface area contributed by atoms with Gasteiger partial charge in [0.25, 0.3) is 0 Å². The molecule has 0 spiro atoms. The quantitative estimate of drug-likeness (QED) is 0.175. The van der Waals surface area contributed by atoms with Crippen LogP contribution in [0, 0.1) is 6.92 Å². The molecule has 8 nitrogen and oxygen atoms in total. The molecule has 0 aromatic heterocycles. The molecule has 1 heterocycles. The van der Waals surface area contributed by atoms with Crippen molar-refractivity contribution in [1.29, 1.82) is 0 Å². The minimum Gasteiger partial charge on any atom is -0.508 e. The first-order chi connectivity index (χ1) is 20.1. The summed E-state index contributed by atoms with van der Waals surface area (Å²) in [7, 11) is -3.53. The van der Waals surface area contributed by atoms with Crippen LogP contribution in [0.15, 0.2) is 111 Å². The van der Waals surface area contributed by atoms with E-state index in [2.05, 4.69) is 5.32 Å². The number of phenolic OH excluding ortho intramolecular Hbond substituents is 1. The maximum Gasteiger partial charge on any atom is 0.336 e. The summed E-state index contributed by atoms with van der Waals surface area (Å²) < 4.78 is 35.6. The number of phenols is 1. The van der Waals surface area contributed by atoms with Crippen LogP contribution in [0.3, 0.4) is 0 Å². The Kier molecular flexibility index (Phi) is 9.92. The van der Waals surface area contributed by atoms with Crippen LogP contribution < -0.4 is 5.32 Å². The molecule has 2 N–H and O–H groups in total. The summed E-state index contributed by atoms with van der Waals surface area (Å²) in [5.41, 5.74) is 2.84. The van der Waals surface area contributed by atoms with Crippen LogP contribution in [0.2, 0.25) is 0 Å². The fourth-order valence-corrected chi connectivity index (χ4v) is 6.86. The number of ether oxygens (including phenoxy) is 2. The molecule has 1 aliphatic heterocycles. The molecule has 0 fully saturated rings. The summed E-state index contributed by atoms with van der Waals surface area (Å²) in [5, 5.41) is 14.0. The number of carbonyl (C=O) groups is 2. The predicted octanol–water partition coefficient (Wildman–Crippen LogP) is 5.50. The average molecular weight is 606 g/mol. The van der Waals surface area contributed by atoms with E-state index in [9.17, 15) is 23.1 Å². The lowest BCUT2D eigenvalue weighted by atomic mass is 9.85. The van der Waals surface area contributed by atoms with Gasteiger partial charge in [0.15, 0.2) is 9.84 Å². The summed E-state index contributed by atoms with van der Waals surface area (Å²) >= 11 is 1.19. The zero-order chi connectivity index (χ0) is 30.3. The summed E-state index contributed by atoms with van der Waals surface area (Å²) in [5.74, 6) is -2.00. The van der Waals surface area contributed by atoms with Gasteiger partial charge in [0.2, 0.25) is 0 Å². The molecule has 0 amide bonds. The second-order valence-corrected chi connectivity index (χ2v) is 12.6. The summed E-state index contributed by atoms with van der Waals surface area (Å²) in [6, 6.07) is 21.0. The molecule has 0 saturated heterocycles. The van der Waals surface area contributed by atoms with E-state index in [1.54, 1.807) is 43.5 Å². The van der Waals surface area contributed by atoms with E-state index in [-0.39, 0.29) is 29.4 Å². The number of carbonyl (C=O) groups excluding carboxylic acids is 2. The van der Waals surface area contributed by atoms with Crippen LogP contribution in [0.5, 0.6) is 5.75 Å². The largest absolute Gasteiger partial charge is 0.508 e. The van der Waals surface area contributed by atoms with Crippen molar-refractivity contribution < 1.29 is 32.6 Å². The highest BCUT2D eigenvalue weighted by Crippen LogP contribution is 2.48. The normalized spacial score (nSPS) is 15.2. The Balaban J connectivity index is 1.55. The number of rotatable bonds is 10. The average Bonchev–Trinajstić information content (AvgIpc) is 2.95. The highest BCUT2D eigenvalue weighted by molar-refractivity contribution is 8.03. The van der Waals surface area contributed by atoms with Crippen LogP contribution in [0.4, 0.5) is 0 Å². The highest BCUT2D eigenvalue weighted by atomic mass is 32.2. The number of aryl methyl sites for hydroxylation is 1.